The Hall–Kier alpha value is -2.80. The van der Waals surface area contributed by atoms with Crippen LogP contribution in [0.5, 0.6) is 0 Å². The number of hydrogen-bond donors (Lipinski definition) is 2. The number of nitrogens with two attached hydrogens (primary N) is 1. The van der Waals surface area contributed by atoms with Crippen LogP contribution in [0, 0.1) is 12.8 Å². The van der Waals surface area contributed by atoms with Crippen molar-refractivity contribution in [2.45, 2.75) is 32.3 Å². The lowest BCUT2D eigenvalue weighted by Gasteiger charge is -2.36. The van der Waals surface area contributed by atoms with Crippen molar-refractivity contribution >= 4 is 11.5 Å². The minimum Gasteiger partial charge on any atom is -0.392 e. The molecule has 180 valence electrons. The summed E-state index contributed by atoms with van der Waals surface area (Å²) >= 11 is 0. The highest BCUT2D eigenvalue weighted by Crippen LogP contribution is 2.27. The van der Waals surface area contributed by atoms with E-state index in [9.17, 15) is 9.90 Å². The second kappa shape index (κ2) is 11.6. The fourth-order valence-corrected chi connectivity index (χ4v) is 4.84. The molecule has 2 aromatic rings. The third-order valence-electron chi connectivity index (χ3n) is 6.82. The smallest absolute Gasteiger partial charge is 0.220 e. The van der Waals surface area contributed by atoms with Crippen LogP contribution in [0.4, 0.5) is 0 Å². The maximum Gasteiger partial charge on any atom is 0.220 e. The Labute approximate surface area is 202 Å². The van der Waals surface area contributed by atoms with Crippen LogP contribution in [0.25, 0.3) is 5.57 Å². The number of rotatable bonds is 10. The number of pyridine rings is 1. The molecule has 34 heavy (non-hydrogen) atoms. The molecular weight excluding hydrogens is 424 g/mol. The van der Waals surface area contributed by atoms with E-state index < -0.39 is 6.10 Å². The third-order valence-corrected chi connectivity index (χ3v) is 6.82. The van der Waals surface area contributed by atoms with Crippen molar-refractivity contribution in [3.63, 3.8) is 0 Å². The first kappa shape index (κ1) is 24.3. The minimum atomic E-state index is -0.556. The molecule has 0 spiro atoms. The average molecular weight is 461 g/mol. The van der Waals surface area contributed by atoms with Crippen LogP contribution >= 0.6 is 0 Å². The van der Waals surface area contributed by atoms with Crippen molar-refractivity contribution in [3.8, 4) is 0 Å². The molecule has 2 heterocycles. The Balaban J connectivity index is 1.18. The van der Waals surface area contributed by atoms with E-state index >= 15 is 0 Å². The summed E-state index contributed by atoms with van der Waals surface area (Å²) < 4.78 is 0. The molecule has 1 aromatic carbocycles. The molecular formula is C28H36N4O2. The van der Waals surface area contributed by atoms with Crippen molar-refractivity contribution in [2.24, 2.45) is 11.7 Å². The van der Waals surface area contributed by atoms with Gasteiger partial charge < -0.3 is 10.8 Å². The maximum atomic E-state index is 11.9. The second-order valence-corrected chi connectivity index (χ2v) is 9.67. The van der Waals surface area contributed by atoms with Crippen LogP contribution in [0.15, 0.2) is 66.4 Å². The molecule has 1 aromatic heterocycles. The maximum absolute atomic E-state index is 11.9. The zero-order valence-corrected chi connectivity index (χ0v) is 20.1. The van der Waals surface area contributed by atoms with Crippen LogP contribution in [-0.2, 0) is 11.2 Å². The number of aromatic nitrogens is 1. The molecule has 6 heteroatoms. The van der Waals surface area contributed by atoms with Crippen molar-refractivity contribution in [2.75, 3.05) is 39.3 Å². The summed E-state index contributed by atoms with van der Waals surface area (Å²) in [6.45, 7) is 7.41. The van der Waals surface area contributed by atoms with Gasteiger partial charge in [-0.3, -0.25) is 19.6 Å². The molecule has 3 N–H and O–H groups in total. The molecule has 4 rings (SSSR count). The number of carbonyl (C=O) groups excluding carboxylic acids is 1. The van der Waals surface area contributed by atoms with Crippen molar-refractivity contribution in [3.05, 3.63) is 83.2 Å². The van der Waals surface area contributed by atoms with E-state index in [-0.39, 0.29) is 11.8 Å². The van der Waals surface area contributed by atoms with E-state index in [0.29, 0.717) is 19.4 Å². The molecule has 0 bridgehead atoms. The largest absolute Gasteiger partial charge is 0.392 e. The summed E-state index contributed by atoms with van der Waals surface area (Å²) in [5, 5.41) is 10.7. The number of carbonyl (C=O) groups is 1. The first-order chi connectivity index (χ1) is 16.5. The van der Waals surface area contributed by atoms with E-state index in [1.807, 2.05) is 36.5 Å². The molecule has 1 amide bonds. The van der Waals surface area contributed by atoms with Crippen molar-refractivity contribution < 1.29 is 9.90 Å². The van der Waals surface area contributed by atoms with Gasteiger partial charge in [-0.25, -0.2) is 0 Å². The third kappa shape index (κ3) is 6.86. The molecule has 1 saturated heterocycles. The van der Waals surface area contributed by atoms with Crippen LogP contribution in [0.1, 0.15) is 29.7 Å². The number of benzene rings is 1. The first-order valence-corrected chi connectivity index (χ1v) is 12.2. The normalized spacial score (nSPS) is 18.9. The van der Waals surface area contributed by atoms with E-state index in [1.165, 1.54) is 16.7 Å². The van der Waals surface area contributed by atoms with Gasteiger partial charge in [0.25, 0.3) is 0 Å². The highest BCUT2D eigenvalue weighted by Gasteiger charge is 2.24. The number of aliphatic hydroxyl groups is 1. The van der Waals surface area contributed by atoms with E-state index in [1.54, 1.807) is 0 Å². The Kier molecular flexibility index (Phi) is 8.27. The summed E-state index contributed by atoms with van der Waals surface area (Å²) in [7, 11) is 0. The predicted octanol–water partition coefficient (Wildman–Crippen LogP) is 2.82. The molecule has 1 aliphatic carbocycles. The summed E-state index contributed by atoms with van der Waals surface area (Å²) in [6.07, 6.45) is 7.75. The molecule has 2 unspecified atom stereocenters. The molecule has 0 saturated carbocycles. The lowest BCUT2D eigenvalue weighted by molar-refractivity contribution is -0.122. The van der Waals surface area contributed by atoms with Gasteiger partial charge in [0.05, 0.1) is 11.8 Å². The number of nitrogens with zero attached hydrogens (tertiary/aromatic N) is 3. The number of aryl methyl sites for hydroxylation is 1. The van der Waals surface area contributed by atoms with Crippen LogP contribution in [-0.4, -0.2) is 71.2 Å². The zero-order valence-electron chi connectivity index (χ0n) is 20.1. The Bertz CT molecular complexity index is 1010. The van der Waals surface area contributed by atoms with Gasteiger partial charge in [-0.1, -0.05) is 54.1 Å². The van der Waals surface area contributed by atoms with Gasteiger partial charge in [0.15, 0.2) is 0 Å². The molecule has 2 atom stereocenters. The summed E-state index contributed by atoms with van der Waals surface area (Å²) in [5.41, 5.74) is 11.7. The summed E-state index contributed by atoms with van der Waals surface area (Å²) in [6, 6.07) is 14.1. The van der Waals surface area contributed by atoms with Crippen LogP contribution in [0.2, 0.25) is 0 Å². The van der Waals surface area contributed by atoms with Gasteiger partial charge in [0, 0.05) is 51.4 Å². The van der Waals surface area contributed by atoms with Crippen LogP contribution < -0.4 is 5.73 Å². The average Bonchev–Trinajstić information content (AvgIpc) is 3.29. The number of primary amides is 1. The second-order valence-electron chi connectivity index (χ2n) is 9.67. The van der Waals surface area contributed by atoms with E-state index in [0.717, 1.165) is 50.4 Å². The quantitative estimate of drug-likeness (QED) is 0.570. The molecule has 1 aliphatic heterocycles. The van der Waals surface area contributed by atoms with Gasteiger partial charge in [0.1, 0.15) is 0 Å². The molecule has 0 radical (unpaired) electrons. The Morgan fingerprint density at radius 2 is 1.79 bits per heavy atom. The topological polar surface area (TPSA) is 82.7 Å². The number of hydrogen-bond acceptors (Lipinski definition) is 5. The van der Waals surface area contributed by atoms with E-state index in [2.05, 4.69) is 46.0 Å². The number of β-amino-alcohol motifs (C(OH)–C–C–N with tert-alkyl or cyclic N) is 1. The fourth-order valence-electron chi connectivity index (χ4n) is 4.84. The van der Waals surface area contributed by atoms with Gasteiger partial charge in [0.2, 0.25) is 5.91 Å². The lowest BCUT2D eigenvalue weighted by Crippen LogP contribution is -2.49. The van der Waals surface area contributed by atoms with Gasteiger partial charge in [-0.15, -0.1) is 0 Å². The van der Waals surface area contributed by atoms with Crippen molar-refractivity contribution in [1.29, 1.82) is 0 Å². The number of allylic oxidation sites excluding steroid dienone is 3. The molecule has 6 nitrogen and oxygen atoms in total. The minimum absolute atomic E-state index is 0.341. The standard InChI is InChI=1S/C28H36N4O2/c1-21-7-10-27(30-18-21)24-9-8-23(16-24)19-31-11-13-32(14-12-31)20-26(33)17-25(28(29)34)15-22-5-3-2-4-6-22/h2-10,18,25-26,33H,11-17,19-20H2,1H3,(H2,29,34). The summed E-state index contributed by atoms with van der Waals surface area (Å²) in [5.74, 6) is -0.691. The Morgan fingerprint density at radius 3 is 2.47 bits per heavy atom. The fraction of sp³-hybridized carbons (Fsp3) is 0.429. The number of aliphatic hydroxyl groups excluding tert-OH is 1. The lowest BCUT2D eigenvalue weighted by atomic mass is 9.93. The van der Waals surface area contributed by atoms with Gasteiger partial charge >= 0.3 is 0 Å². The zero-order chi connectivity index (χ0) is 23.9. The Morgan fingerprint density at radius 1 is 1.06 bits per heavy atom. The van der Waals surface area contributed by atoms with E-state index in [4.69, 9.17) is 5.73 Å². The highest BCUT2D eigenvalue weighted by molar-refractivity contribution is 5.77. The van der Waals surface area contributed by atoms with Crippen molar-refractivity contribution in [1.82, 2.24) is 14.8 Å². The summed E-state index contributed by atoms with van der Waals surface area (Å²) in [4.78, 5) is 21.3. The molecule has 2 aliphatic rings. The van der Waals surface area contributed by atoms with Crippen LogP contribution in [0.3, 0.4) is 0 Å². The van der Waals surface area contributed by atoms with Gasteiger partial charge in [-0.2, -0.15) is 0 Å². The number of amides is 1. The predicted molar refractivity (Wildman–Crippen MR) is 136 cm³/mol. The SMILES string of the molecule is Cc1ccc(C2=CC=C(CN3CCN(CC(O)CC(Cc4ccccc4)C(N)=O)CC3)C2)nc1. The monoisotopic (exact) mass is 460 g/mol. The highest BCUT2D eigenvalue weighted by atomic mass is 16.3. The first-order valence-electron chi connectivity index (χ1n) is 12.2. The number of piperazine rings is 1. The molecule has 1 fully saturated rings. The van der Waals surface area contributed by atoms with Gasteiger partial charge in [-0.05, 0) is 49.0 Å².